The quantitative estimate of drug-likeness (QED) is 0.529. The van der Waals surface area contributed by atoms with Gasteiger partial charge in [0.05, 0.1) is 10.8 Å². The van der Waals surface area contributed by atoms with Crippen molar-refractivity contribution in [3.05, 3.63) is 59.6 Å². The van der Waals surface area contributed by atoms with Crippen molar-refractivity contribution in [2.24, 2.45) is 0 Å². The molecule has 6 heteroatoms. The minimum atomic E-state index is -0.449. The lowest BCUT2D eigenvalue weighted by Gasteiger charge is -2.26. The normalized spacial score (nSPS) is 10.6. The number of anilines is 1. The van der Waals surface area contributed by atoms with Crippen LogP contribution in [0, 0.1) is 0 Å². The fraction of sp³-hybridized carbons (Fsp3) is 0.263. The number of para-hydroxylation sites is 1. The van der Waals surface area contributed by atoms with Crippen LogP contribution in [0.5, 0.6) is 0 Å². The van der Waals surface area contributed by atoms with E-state index in [2.05, 4.69) is 0 Å². The summed E-state index contributed by atoms with van der Waals surface area (Å²) in [5, 5.41) is 0.589. The molecule has 0 saturated carbocycles. The number of carbonyl (C=O) groups is 2. The minimum absolute atomic E-state index is 0.0360. The van der Waals surface area contributed by atoms with Crippen molar-refractivity contribution < 1.29 is 14.3 Å². The van der Waals surface area contributed by atoms with Crippen LogP contribution in [0.15, 0.2) is 59.5 Å². The average molecular weight is 378 g/mol. The van der Waals surface area contributed by atoms with Gasteiger partial charge in [0.1, 0.15) is 0 Å². The highest BCUT2D eigenvalue weighted by Gasteiger charge is 2.20. The average Bonchev–Trinajstić information content (AvgIpc) is 2.60. The molecule has 25 heavy (non-hydrogen) atoms. The lowest BCUT2D eigenvalue weighted by molar-refractivity contribution is -0.145. The topological polar surface area (TPSA) is 46.6 Å². The van der Waals surface area contributed by atoms with Gasteiger partial charge >= 0.3 is 5.97 Å². The number of thioether (sulfide) groups is 1. The summed E-state index contributed by atoms with van der Waals surface area (Å²) < 4.78 is 5.12. The Balaban J connectivity index is 1.87. The van der Waals surface area contributed by atoms with Gasteiger partial charge in [-0.15, -0.1) is 11.8 Å². The van der Waals surface area contributed by atoms with Crippen LogP contribution in [-0.2, 0) is 14.3 Å². The predicted molar refractivity (Wildman–Crippen MR) is 102 cm³/mol. The Morgan fingerprint density at radius 3 is 2.36 bits per heavy atom. The molecule has 2 aromatic rings. The van der Waals surface area contributed by atoms with Crippen molar-refractivity contribution in [1.82, 2.24) is 0 Å². The zero-order chi connectivity index (χ0) is 18.2. The predicted octanol–water partition coefficient (Wildman–Crippen LogP) is 4.42. The maximum absolute atomic E-state index is 12.4. The van der Waals surface area contributed by atoms with Crippen molar-refractivity contribution >= 4 is 40.9 Å². The smallest absolute Gasteiger partial charge is 0.316 e. The highest BCUT2D eigenvalue weighted by atomic mass is 35.5. The molecule has 0 atom stereocenters. The second-order valence-electron chi connectivity index (χ2n) is 5.57. The molecule has 132 valence electrons. The van der Waals surface area contributed by atoms with E-state index in [4.69, 9.17) is 16.3 Å². The summed E-state index contributed by atoms with van der Waals surface area (Å²) in [7, 11) is 0. The van der Waals surface area contributed by atoms with Gasteiger partial charge in [-0.3, -0.25) is 9.59 Å². The van der Waals surface area contributed by atoms with E-state index in [1.807, 2.05) is 62.4 Å². The summed E-state index contributed by atoms with van der Waals surface area (Å²) in [5.41, 5.74) is 0.781. The van der Waals surface area contributed by atoms with E-state index in [0.717, 1.165) is 10.6 Å². The van der Waals surface area contributed by atoms with Gasteiger partial charge in [-0.25, -0.2) is 0 Å². The zero-order valence-corrected chi connectivity index (χ0v) is 15.7. The van der Waals surface area contributed by atoms with Crippen molar-refractivity contribution in [2.75, 3.05) is 17.3 Å². The van der Waals surface area contributed by atoms with Gasteiger partial charge in [0.15, 0.2) is 6.61 Å². The molecular weight excluding hydrogens is 358 g/mol. The lowest BCUT2D eigenvalue weighted by atomic mass is 10.2. The van der Waals surface area contributed by atoms with Gasteiger partial charge in [-0.05, 0) is 38.1 Å². The number of hydrogen-bond acceptors (Lipinski definition) is 4. The maximum Gasteiger partial charge on any atom is 0.316 e. The molecule has 0 spiro atoms. The summed E-state index contributed by atoms with van der Waals surface area (Å²) >= 11 is 7.33. The number of nitrogens with zero attached hydrogens (tertiary/aromatic N) is 1. The molecule has 0 unspecified atom stereocenters. The molecular formula is C19H20ClNO3S. The molecule has 0 saturated heterocycles. The number of ether oxygens (including phenoxy) is 1. The van der Waals surface area contributed by atoms with Gasteiger partial charge < -0.3 is 9.64 Å². The Morgan fingerprint density at radius 2 is 1.72 bits per heavy atom. The van der Waals surface area contributed by atoms with Crippen LogP contribution in [0.4, 0.5) is 5.69 Å². The number of halogens is 1. The number of rotatable bonds is 7. The Labute approximate surface area is 157 Å². The molecule has 1 amide bonds. The number of benzene rings is 2. The van der Waals surface area contributed by atoms with E-state index in [1.54, 1.807) is 11.0 Å². The van der Waals surface area contributed by atoms with E-state index in [-0.39, 0.29) is 24.3 Å². The molecule has 0 aromatic heterocycles. The first-order chi connectivity index (χ1) is 12.0. The van der Waals surface area contributed by atoms with E-state index >= 15 is 0 Å². The van der Waals surface area contributed by atoms with Gasteiger partial charge in [-0.1, -0.05) is 41.9 Å². The van der Waals surface area contributed by atoms with E-state index in [0.29, 0.717) is 5.02 Å². The second-order valence-corrected chi connectivity index (χ2v) is 7.00. The van der Waals surface area contributed by atoms with Crippen molar-refractivity contribution in [3.8, 4) is 0 Å². The Morgan fingerprint density at radius 1 is 1.08 bits per heavy atom. The number of amides is 1. The third-order valence-corrected chi connectivity index (χ3v) is 4.85. The minimum Gasteiger partial charge on any atom is -0.455 e. The lowest BCUT2D eigenvalue weighted by Crippen LogP contribution is -2.40. The van der Waals surface area contributed by atoms with Crippen LogP contribution >= 0.6 is 23.4 Å². The van der Waals surface area contributed by atoms with E-state index in [9.17, 15) is 9.59 Å². The fourth-order valence-corrected chi connectivity index (χ4v) is 3.31. The molecule has 2 rings (SSSR count). The summed E-state index contributed by atoms with van der Waals surface area (Å²) in [6, 6.07) is 16.6. The standard InChI is InChI=1S/C19H20ClNO3S/c1-14(2)21(15-8-4-3-5-9-15)18(22)12-24-19(23)13-25-17-11-7-6-10-16(17)20/h3-11,14H,12-13H2,1-2H3. The third-order valence-electron chi connectivity index (χ3n) is 3.36. The highest BCUT2D eigenvalue weighted by Crippen LogP contribution is 2.26. The monoisotopic (exact) mass is 377 g/mol. The molecule has 0 fully saturated rings. The van der Waals surface area contributed by atoms with Crippen LogP contribution in [0.3, 0.4) is 0 Å². The van der Waals surface area contributed by atoms with Gasteiger partial charge in [0.2, 0.25) is 0 Å². The Kier molecular flexibility index (Phi) is 7.34. The SMILES string of the molecule is CC(C)N(C(=O)COC(=O)CSc1ccccc1Cl)c1ccccc1. The molecule has 0 heterocycles. The van der Waals surface area contributed by atoms with Crippen molar-refractivity contribution in [1.29, 1.82) is 0 Å². The zero-order valence-electron chi connectivity index (χ0n) is 14.1. The van der Waals surface area contributed by atoms with Crippen molar-refractivity contribution in [3.63, 3.8) is 0 Å². The molecule has 0 N–H and O–H groups in total. The molecule has 0 aliphatic rings. The van der Waals surface area contributed by atoms with E-state index in [1.165, 1.54) is 11.8 Å². The van der Waals surface area contributed by atoms with Crippen molar-refractivity contribution in [2.45, 2.75) is 24.8 Å². The Hall–Kier alpha value is -1.98. The van der Waals surface area contributed by atoms with E-state index < -0.39 is 5.97 Å². The first kappa shape index (κ1) is 19.3. The first-order valence-corrected chi connectivity index (χ1v) is 9.25. The molecule has 2 aromatic carbocycles. The maximum atomic E-state index is 12.4. The van der Waals surface area contributed by atoms with Crippen LogP contribution in [0.25, 0.3) is 0 Å². The molecule has 0 radical (unpaired) electrons. The fourth-order valence-electron chi connectivity index (χ4n) is 2.27. The summed E-state index contributed by atoms with van der Waals surface area (Å²) in [4.78, 5) is 26.8. The van der Waals surface area contributed by atoms with Crippen LogP contribution in [0.1, 0.15) is 13.8 Å². The third kappa shape index (κ3) is 5.80. The Bertz CT molecular complexity index is 722. The van der Waals surface area contributed by atoms with Crippen LogP contribution in [-0.4, -0.2) is 30.3 Å². The number of hydrogen-bond donors (Lipinski definition) is 0. The van der Waals surface area contributed by atoms with Gasteiger partial charge in [0.25, 0.3) is 5.91 Å². The second kappa shape index (κ2) is 9.49. The van der Waals surface area contributed by atoms with Gasteiger partial charge in [-0.2, -0.15) is 0 Å². The number of carbonyl (C=O) groups excluding carboxylic acids is 2. The summed E-state index contributed by atoms with van der Waals surface area (Å²) in [5.74, 6) is -0.600. The molecule has 0 aliphatic carbocycles. The summed E-state index contributed by atoms with van der Waals surface area (Å²) in [6.07, 6.45) is 0. The van der Waals surface area contributed by atoms with Crippen LogP contribution < -0.4 is 4.90 Å². The van der Waals surface area contributed by atoms with Gasteiger partial charge in [0, 0.05) is 16.6 Å². The number of esters is 1. The molecule has 0 bridgehead atoms. The molecule has 0 aliphatic heterocycles. The molecule has 4 nitrogen and oxygen atoms in total. The highest BCUT2D eigenvalue weighted by molar-refractivity contribution is 8.00. The first-order valence-electron chi connectivity index (χ1n) is 7.89. The largest absolute Gasteiger partial charge is 0.455 e. The van der Waals surface area contributed by atoms with Crippen LogP contribution in [0.2, 0.25) is 5.02 Å². The summed E-state index contributed by atoms with van der Waals surface area (Å²) in [6.45, 7) is 3.55.